The smallest absolute Gasteiger partial charge is 0.410 e. The molecule has 2 aromatic carbocycles. The maximum atomic E-state index is 12.6. The number of rotatable bonds is 5. The highest BCUT2D eigenvalue weighted by Gasteiger charge is 2.35. The number of carbonyl (C=O) groups excluding carboxylic acids is 1. The molecule has 0 aromatic heterocycles. The molecule has 5 heteroatoms. The molecule has 1 fully saturated rings. The zero-order valence-corrected chi connectivity index (χ0v) is 14.6. The van der Waals surface area contributed by atoms with Crippen molar-refractivity contribution in [2.45, 2.75) is 25.5 Å². The number of ether oxygens (including phenoxy) is 3. The van der Waals surface area contributed by atoms with Gasteiger partial charge in [0.25, 0.3) is 0 Å². The van der Waals surface area contributed by atoms with Gasteiger partial charge in [0.15, 0.2) is 0 Å². The maximum absolute atomic E-state index is 12.6. The molecule has 1 aliphatic rings. The molecule has 0 saturated carbocycles. The van der Waals surface area contributed by atoms with Gasteiger partial charge in [0, 0.05) is 6.54 Å². The maximum Gasteiger partial charge on any atom is 0.410 e. The van der Waals surface area contributed by atoms with Gasteiger partial charge in [-0.3, -0.25) is 0 Å². The highest BCUT2D eigenvalue weighted by atomic mass is 16.6. The van der Waals surface area contributed by atoms with Crippen LogP contribution in [0.25, 0.3) is 0 Å². The average molecular weight is 341 g/mol. The van der Waals surface area contributed by atoms with Gasteiger partial charge in [0.2, 0.25) is 0 Å². The summed E-state index contributed by atoms with van der Waals surface area (Å²) < 4.78 is 16.5. The molecule has 0 aliphatic carbocycles. The second-order valence-electron chi connectivity index (χ2n) is 5.97. The van der Waals surface area contributed by atoms with Gasteiger partial charge >= 0.3 is 6.09 Å². The SMILES string of the molecule is COc1cccc(OC)c1[C@H]1CCCN1C(=O)OCc1ccccc1. The summed E-state index contributed by atoms with van der Waals surface area (Å²) in [5.41, 5.74) is 1.88. The number of likely N-dealkylation sites (tertiary alicyclic amines) is 1. The summed E-state index contributed by atoms with van der Waals surface area (Å²) in [6, 6.07) is 15.3. The monoisotopic (exact) mass is 341 g/mol. The molecule has 132 valence electrons. The fourth-order valence-electron chi connectivity index (χ4n) is 3.30. The third kappa shape index (κ3) is 3.71. The van der Waals surface area contributed by atoms with Crippen LogP contribution in [0.2, 0.25) is 0 Å². The second kappa shape index (κ2) is 7.92. The number of hydrogen-bond donors (Lipinski definition) is 0. The first-order valence-corrected chi connectivity index (χ1v) is 8.42. The summed E-state index contributed by atoms with van der Waals surface area (Å²) in [6.45, 7) is 0.936. The Labute approximate surface area is 148 Å². The topological polar surface area (TPSA) is 48.0 Å². The summed E-state index contributed by atoms with van der Waals surface area (Å²) in [5, 5.41) is 0. The van der Waals surface area contributed by atoms with Crippen LogP contribution in [0.5, 0.6) is 11.5 Å². The molecule has 0 radical (unpaired) electrons. The minimum atomic E-state index is -0.306. The fourth-order valence-corrected chi connectivity index (χ4v) is 3.30. The van der Waals surface area contributed by atoms with Gasteiger partial charge in [-0.15, -0.1) is 0 Å². The van der Waals surface area contributed by atoms with Crippen molar-refractivity contribution in [1.29, 1.82) is 0 Å². The summed E-state index contributed by atoms with van der Waals surface area (Å²) in [5.74, 6) is 1.46. The predicted octanol–water partition coefficient (Wildman–Crippen LogP) is 4.18. The van der Waals surface area contributed by atoms with Crippen LogP contribution in [-0.4, -0.2) is 31.8 Å². The van der Waals surface area contributed by atoms with Crippen LogP contribution in [0.15, 0.2) is 48.5 Å². The first-order chi connectivity index (χ1) is 12.2. The van der Waals surface area contributed by atoms with E-state index < -0.39 is 0 Å². The molecule has 3 rings (SSSR count). The quantitative estimate of drug-likeness (QED) is 0.819. The normalized spacial score (nSPS) is 16.6. The molecule has 2 aromatic rings. The van der Waals surface area contributed by atoms with E-state index in [1.54, 1.807) is 19.1 Å². The van der Waals surface area contributed by atoms with Gasteiger partial charge in [0.05, 0.1) is 25.8 Å². The Morgan fingerprint density at radius 1 is 1.04 bits per heavy atom. The molecule has 25 heavy (non-hydrogen) atoms. The Morgan fingerprint density at radius 2 is 1.72 bits per heavy atom. The third-order valence-electron chi connectivity index (χ3n) is 4.49. The zero-order chi connectivity index (χ0) is 17.6. The lowest BCUT2D eigenvalue weighted by molar-refractivity contribution is 0.0913. The van der Waals surface area contributed by atoms with E-state index in [4.69, 9.17) is 14.2 Å². The van der Waals surface area contributed by atoms with Gasteiger partial charge in [-0.25, -0.2) is 4.79 Å². The first-order valence-electron chi connectivity index (χ1n) is 8.42. The minimum Gasteiger partial charge on any atom is -0.496 e. The van der Waals surface area contributed by atoms with Crippen LogP contribution < -0.4 is 9.47 Å². The van der Waals surface area contributed by atoms with Gasteiger partial charge in [-0.2, -0.15) is 0 Å². The van der Waals surface area contributed by atoms with Crippen LogP contribution in [0.4, 0.5) is 4.79 Å². The summed E-state index contributed by atoms with van der Waals surface area (Å²) in [4.78, 5) is 14.4. The van der Waals surface area contributed by atoms with Crippen LogP contribution in [0.1, 0.15) is 30.0 Å². The van der Waals surface area contributed by atoms with Crippen molar-refractivity contribution in [2.75, 3.05) is 20.8 Å². The first kappa shape index (κ1) is 17.1. The van der Waals surface area contributed by atoms with Crippen molar-refractivity contribution in [3.63, 3.8) is 0 Å². The molecule has 1 saturated heterocycles. The van der Waals surface area contributed by atoms with E-state index in [2.05, 4.69) is 0 Å². The second-order valence-corrected chi connectivity index (χ2v) is 5.97. The molecule has 1 atom stereocenters. The summed E-state index contributed by atoms with van der Waals surface area (Å²) in [6.07, 6.45) is 1.48. The number of methoxy groups -OCH3 is 2. The molecule has 0 unspecified atom stereocenters. The van der Waals surface area contributed by atoms with Gasteiger partial charge in [-0.1, -0.05) is 36.4 Å². The summed E-state index contributed by atoms with van der Waals surface area (Å²) >= 11 is 0. The lowest BCUT2D eigenvalue weighted by Gasteiger charge is -2.27. The standard InChI is InChI=1S/C20H23NO4/c1-23-17-11-6-12-18(24-2)19(17)16-10-7-13-21(16)20(22)25-14-15-8-4-3-5-9-15/h3-6,8-9,11-12,16H,7,10,13-14H2,1-2H3/t16-/m1/s1. The Kier molecular flexibility index (Phi) is 5.43. The number of hydrogen-bond acceptors (Lipinski definition) is 4. The number of amides is 1. The van der Waals surface area contributed by atoms with E-state index in [-0.39, 0.29) is 18.7 Å². The van der Waals surface area contributed by atoms with Crippen LogP contribution in [0, 0.1) is 0 Å². The number of benzene rings is 2. The predicted molar refractivity (Wildman–Crippen MR) is 94.9 cm³/mol. The van der Waals surface area contributed by atoms with Crippen molar-refractivity contribution in [3.05, 3.63) is 59.7 Å². The van der Waals surface area contributed by atoms with Gasteiger partial charge < -0.3 is 19.1 Å². The van der Waals surface area contributed by atoms with Crippen molar-refractivity contribution in [1.82, 2.24) is 4.90 Å². The molecule has 1 amide bonds. The van der Waals surface area contributed by atoms with Gasteiger partial charge in [-0.05, 0) is 30.5 Å². The lowest BCUT2D eigenvalue weighted by Crippen LogP contribution is -2.31. The molecule has 0 spiro atoms. The largest absolute Gasteiger partial charge is 0.496 e. The highest BCUT2D eigenvalue weighted by Crippen LogP contribution is 2.42. The molecule has 1 heterocycles. The molecule has 0 N–H and O–H groups in total. The van der Waals surface area contributed by atoms with Crippen molar-refractivity contribution in [2.24, 2.45) is 0 Å². The fraction of sp³-hybridized carbons (Fsp3) is 0.350. The zero-order valence-electron chi connectivity index (χ0n) is 14.6. The molecule has 5 nitrogen and oxygen atoms in total. The Balaban J connectivity index is 1.77. The van der Waals surface area contributed by atoms with Crippen molar-refractivity contribution < 1.29 is 19.0 Å². The van der Waals surface area contributed by atoms with Crippen LogP contribution in [-0.2, 0) is 11.3 Å². The van der Waals surface area contributed by atoms with Crippen molar-refractivity contribution in [3.8, 4) is 11.5 Å². The molecular weight excluding hydrogens is 318 g/mol. The number of carbonyl (C=O) groups is 1. The summed E-state index contributed by atoms with van der Waals surface area (Å²) in [7, 11) is 3.26. The third-order valence-corrected chi connectivity index (χ3v) is 4.49. The molecular formula is C20H23NO4. The van der Waals surface area contributed by atoms with Gasteiger partial charge in [0.1, 0.15) is 18.1 Å². The lowest BCUT2D eigenvalue weighted by atomic mass is 10.0. The van der Waals surface area contributed by atoms with E-state index in [1.165, 1.54) is 0 Å². The van der Waals surface area contributed by atoms with E-state index in [0.29, 0.717) is 6.54 Å². The molecule has 0 bridgehead atoms. The van der Waals surface area contributed by atoms with Crippen LogP contribution in [0.3, 0.4) is 0 Å². The van der Waals surface area contributed by atoms with Crippen LogP contribution >= 0.6 is 0 Å². The average Bonchev–Trinajstić information content (AvgIpc) is 3.15. The van der Waals surface area contributed by atoms with Crippen molar-refractivity contribution >= 4 is 6.09 Å². The Hall–Kier alpha value is -2.69. The van der Waals surface area contributed by atoms with E-state index in [9.17, 15) is 4.79 Å². The Morgan fingerprint density at radius 3 is 2.36 bits per heavy atom. The van der Waals surface area contributed by atoms with E-state index in [1.807, 2.05) is 48.5 Å². The van der Waals surface area contributed by atoms with E-state index >= 15 is 0 Å². The number of nitrogens with zero attached hydrogens (tertiary/aromatic N) is 1. The minimum absolute atomic E-state index is 0.102. The van der Waals surface area contributed by atoms with E-state index in [0.717, 1.165) is 35.5 Å². The highest BCUT2D eigenvalue weighted by molar-refractivity contribution is 5.69. The Bertz CT molecular complexity index is 695. The molecule has 1 aliphatic heterocycles.